The molecule has 1 fully saturated rings. The van der Waals surface area contributed by atoms with Crippen LogP contribution in [-0.2, 0) is 9.59 Å². The molecule has 0 aliphatic carbocycles. The van der Waals surface area contributed by atoms with Gasteiger partial charge in [-0.15, -0.1) is 5.10 Å². The van der Waals surface area contributed by atoms with Crippen molar-refractivity contribution in [2.45, 2.75) is 13.0 Å². The summed E-state index contributed by atoms with van der Waals surface area (Å²) in [6.45, 7) is 6.13. The standard InChI is InChI=1S/C20H21ClN6O3/c1-4-19(29)26-5-6-27(12(2)28)17(11-26)13-7-15(24-18(21)9-13)16-8-14(10-23-25-16)20(30)22-3/h4,7-10,17H,1,5-6,11H2,2-3H3,(H,22,30)/t17-/m0/s1. The molecule has 10 heteroatoms. The zero-order valence-electron chi connectivity index (χ0n) is 16.6. The maximum Gasteiger partial charge on any atom is 0.252 e. The molecular weight excluding hydrogens is 408 g/mol. The van der Waals surface area contributed by atoms with Crippen LogP contribution < -0.4 is 5.32 Å². The molecule has 30 heavy (non-hydrogen) atoms. The number of hydrogen-bond donors (Lipinski definition) is 1. The number of nitrogens with zero attached hydrogens (tertiary/aromatic N) is 5. The van der Waals surface area contributed by atoms with E-state index >= 15 is 0 Å². The molecule has 2 aromatic heterocycles. The van der Waals surface area contributed by atoms with E-state index in [9.17, 15) is 14.4 Å². The highest BCUT2D eigenvalue weighted by Crippen LogP contribution is 2.30. The average Bonchev–Trinajstić information content (AvgIpc) is 2.77. The Hall–Kier alpha value is -3.33. The van der Waals surface area contributed by atoms with Gasteiger partial charge in [-0.2, -0.15) is 5.10 Å². The molecule has 1 atom stereocenters. The van der Waals surface area contributed by atoms with Gasteiger partial charge in [-0.05, 0) is 29.8 Å². The molecule has 156 valence electrons. The van der Waals surface area contributed by atoms with Gasteiger partial charge in [0.1, 0.15) is 10.8 Å². The predicted octanol–water partition coefficient (Wildman–Crippen LogP) is 1.47. The zero-order valence-corrected chi connectivity index (χ0v) is 17.4. The van der Waals surface area contributed by atoms with Crippen LogP contribution in [-0.4, -0.2) is 69.4 Å². The second kappa shape index (κ2) is 9.00. The van der Waals surface area contributed by atoms with E-state index in [-0.39, 0.29) is 22.9 Å². The van der Waals surface area contributed by atoms with Crippen molar-refractivity contribution in [3.05, 3.63) is 53.3 Å². The van der Waals surface area contributed by atoms with Gasteiger partial charge < -0.3 is 15.1 Å². The lowest BCUT2D eigenvalue weighted by atomic mass is 10.0. The van der Waals surface area contributed by atoms with Gasteiger partial charge in [-0.25, -0.2) is 4.98 Å². The van der Waals surface area contributed by atoms with Crippen molar-refractivity contribution in [3.8, 4) is 11.4 Å². The summed E-state index contributed by atoms with van der Waals surface area (Å²) in [5.41, 5.74) is 1.81. The number of hydrogen-bond acceptors (Lipinski definition) is 6. The molecule has 0 aromatic carbocycles. The normalized spacial score (nSPS) is 16.2. The zero-order chi connectivity index (χ0) is 21.8. The summed E-state index contributed by atoms with van der Waals surface area (Å²) < 4.78 is 0. The van der Waals surface area contributed by atoms with Crippen LogP contribution in [0.4, 0.5) is 0 Å². The quantitative estimate of drug-likeness (QED) is 0.583. The molecule has 0 radical (unpaired) electrons. The number of piperazine rings is 1. The Morgan fingerprint density at radius 1 is 1.23 bits per heavy atom. The monoisotopic (exact) mass is 428 g/mol. The lowest BCUT2D eigenvalue weighted by Crippen LogP contribution is -2.51. The van der Waals surface area contributed by atoms with E-state index in [4.69, 9.17) is 11.6 Å². The Balaban J connectivity index is 2.02. The van der Waals surface area contributed by atoms with Crippen molar-refractivity contribution in [3.63, 3.8) is 0 Å². The van der Waals surface area contributed by atoms with E-state index in [0.717, 1.165) is 0 Å². The van der Waals surface area contributed by atoms with Gasteiger partial charge in [0.05, 0.1) is 23.5 Å². The van der Waals surface area contributed by atoms with Crippen LogP contribution in [0, 0.1) is 0 Å². The van der Waals surface area contributed by atoms with Crippen LogP contribution in [0.5, 0.6) is 0 Å². The Bertz CT molecular complexity index is 1010. The molecule has 3 amide bonds. The maximum atomic E-state index is 12.2. The van der Waals surface area contributed by atoms with Gasteiger partial charge in [0.15, 0.2) is 0 Å². The molecule has 0 saturated carbocycles. The molecule has 9 nitrogen and oxygen atoms in total. The SMILES string of the molecule is C=CC(=O)N1CCN(C(C)=O)[C@H](c2cc(Cl)nc(-c3cc(C(=O)NC)cnn3)c2)C1. The summed E-state index contributed by atoms with van der Waals surface area (Å²) in [5, 5.41) is 10.7. The first-order valence-corrected chi connectivity index (χ1v) is 9.63. The summed E-state index contributed by atoms with van der Waals surface area (Å²) in [6, 6.07) is 4.55. The number of carbonyl (C=O) groups is 3. The number of pyridine rings is 1. The molecule has 1 aliphatic heterocycles. The Kier molecular flexibility index (Phi) is 6.41. The number of amides is 3. The van der Waals surface area contributed by atoms with Crippen molar-refractivity contribution in [2.75, 3.05) is 26.7 Å². The van der Waals surface area contributed by atoms with Crippen LogP contribution in [0.25, 0.3) is 11.4 Å². The Labute approximate surface area is 178 Å². The van der Waals surface area contributed by atoms with Crippen molar-refractivity contribution in [1.82, 2.24) is 30.3 Å². The summed E-state index contributed by atoms with van der Waals surface area (Å²) in [5.74, 6) is -0.615. The van der Waals surface area contributed by atoms with E-state index < -0.39 is 6.04 Å². The Morgan fingerprint density at radius 2 is 2.00 bits per heavy atom. The lowest BCUT2D eigenvalue weighted by Gasteiger charge is -2.41. The van der Waals surface area contributed by atoms with E-state index in [1.165, 1.54) is 26.2 Å². The van der Waals surface area contributed by atoms with Crippen LogP contribution in [0.3, 0.4) is 0 Å². The minimum Gasteiger partial charge on any atom is -0.355 e. The fourth-order valence-corrected chi connectivity index (χ4v) is 3.59. The average molecular weight is 429 g/mol. The number of nitrogens with one attached hydrogen (secondary N) is 1. The highest BCUT2D eigenvalue weighted by atomic mass is 35.5. The third-order valence-electron chi connectivity index (χ3n) is 4.88. The number of rotatable bonds is 4. The van der Waals surface area contributed by atoms with Crippen molar-refractivity contribution in [2.24, 2.45) is 0 Å². The van der Waals surface area contributed by atoms with Crippen molar-refractivity contribution >= 4 is 29.3 Å². The molecule has 1 aliphatic rings. The highest BCUT2D eigenvalue weighted by molar-refractivity contribution is 6.29. The fraction of sp³-hybridized carbons (Fsp3) is 0.300. The van der Waals surface area contributed by atoms with E-state index in [0.29, 0.717) is 42.1 Å². The lowest BCUT2D eigenvalue weighted by molar-refractivity contribution is -0.139. The number of halogens is 1. The van der Waals surface area contributed by atoms with Crippen LogP contribution >= 0.6 is 11.6 Å². The molecule has 0 spiro atoms. The van der Waals surface area contributed by atoms with Gasteiger partial charge in [0.2, 0.25) is 11.8 Å². The van der Waals surface area contributed by atoms with Gasteiger partial charge >= 0.3 is 0 Å². The van der Waals surface area contributed by atoms with Crippen LogP contribution in [0.1, 0.15) is 28.9 Å². The van der Waals surface area contributed by atoms with E-state index in [2.05, 4.69) is 27.1 Å². The minimum atomic E-state index is -0.408. The molecule has 1 N–H and O–H groups in total. The molecule has 0 unspecified atom stereocenters. The van der Waals surface area contributed by atoms with Crippen molar-refractivity contribution < 1.29 is 14.4 Å². The maximum absolute atomic E-state index is 12.2. The Morgan fingerprint density at radius 3 is 2.67 bits per heavy atom. The second-order valence-electron chi connectivity index (χ2n) is 6.73. The summed E-state index contributed by atoms with van der Waals surface area (Å²) in [6.07, 6.45) is 2.61. The minimum absolute atomic E-state index is 0.110. The van der Waals surface area contributed by atoms with E-state index in [1.807, 2.05) is 0 Å². The molecule has 0 bridgehead atoms. The van der Waals surface area contributed by atoms with E-state index in [1.54, 1.807) is 28.0 Å². The van der Waals surface area contributed by atoms with Crippen molar-refractivity contribution in [1.29, 1.82) is 0 Å². The molecule has 1 saturated heterocycles. The molecule has 2 aromatic rings. The van der Waals surface area contributed by atoms with Crippen LogP contribution in [0.15, 0.2) is 37.1 Å². The van der Waals surface area contributed by atoms with Gasteiger partial charge in [-0.3, -0.25) is 14.4 Å². The van der Waals surface area contributed by atoms with Gasteiger partial charge in [0.25, 0.3) is 5.91 Å². The van der Waals surface area contributed by atoms with Gasteiger partial charge in [-0.1, -0.05) is 18.2 Å². The summed E-state index contributed by atoms with van der Waals surface area (Å²) in [7, 11) is 1.52. The van der Waals surface area contributed by atoms with Gasteiger partial charge in [0, 0.05) is 33.6 Å². The molecule has 3 heterocycles. The summed E-state index contributed by atoms with van der Waals surface area (Å²) in [4.78, 5) is 43.9. The fourth-order valence-electron chi connectivity index (χ4n) is 3.38. The third-order valence-corrected chi connectivity index (χ3v) is 5.07. The largest absolute Gasteiger partial charge is 0.355 e. The van der Waals surface area contributed by atoms with Crippen LogP contribution in [0.2, 0.25) is 5.15 Å². The smallest absolute Gasteiger partial charge is 0.252 e. The number of aromatic nitrogens is 3. The predicted molar refractivity (Wildman–Crippen MR) is 111 cm³/mol. The third kappa shape index (κ3) is 4.46. The number of carbonyl (C=O) groups excluding carboxylic acids is 3. The second-order valence-corrected chi connectivity index (χ2v) is 7.12. The first kappa shape index (κ1) is 21.4. The topological polar surface area (TPSA) is 108 Å². The first-order chi connectivity index (χ1) is 14.3. The highest BCUT2D eigenvalue weighted by Gasteiger charge is 2.32. The molecular formula is C20H21ClN6O3. The first-order valence-electron chi connectivity index (χ1n) is 9.25. The summed E-state index contributed by atoms with van der Waals surface area (Å²) >= 11 is 6.26. The molecule has 3 rings (SSSR count).